The van der Waals surface area contributed by atoms with Crippen molar-refractivity contribution >= 4 is 34.0 Å². The van der Waals surface area contributed by atoms with Crippen LogP contribution in [0.4, 0.5) is 5.69 Å². The van der Waals surface area contributed by atoms with E-state index < -0.39 is 10.8 Å². The molecule has 2 aromatic carbocycles. The maximum Gasteiger partial charge on any atom is 0.272 e. The van der Waals surface area contributed by atoms with E-state index in [0.29, 0.717) is 22.2 Å². The summed E-state index contributed by atoms with van der Waals surface area (Å²) in [6.07, 6.45) is 4.38. The molecule has 0 saturated carbocycles. The van der Waals surface area contributed by atoms with Crippen molar-refractivity contribution in [1.82, 2.24) is 4.57 Å². The van der Waals surface area contributed by atoms with Crippen LogP contribution in [0.15, 0.2) is 66.9 Å². The van der Waals surface area contributed by atoms with Gasteiger partial charge >= 0.3 is 0 Å². The number of hydrogen-bond donors (Lipinski definition) is 1. The number of hydrogen-bond acceptors (Lipinski definition) is 2. The average Bonchev–Trinajstić information content (AvgIpc) is 3.12. The van der Waals surface area contributed by atoms with Gasteiger partial charge in [-0.1, -0.05) is 41.9 Å². The van der Waals surface area contributed by atoms with E-state index in [-0.39, 0.29) is 5.91 Å². The van der Waals surface area contributed by atoms with Gasteiger partial charge in [-0.2, -0.15) is 0 Å². The third-order valence-corrected chi connectivity index (χ3v) is 5.29. The number of rotatable bonds is 7. The summed E-state index contributed by atoms with van der Waals surface area (Å²) in [7, 11) is -1.00. The number of nitrogens with zero attached hydrogens (tertiary/aromatic N) is 1. The van der Waals surface area contributed by atoms with Crippen LogP contribution in [0.1, 0.15) is 21.6 Å². The Bertz CT molecular complexity index is 954. The van der Waals surface area contributed by atoms with Crippen molar-refractivity contribution < 1.29 is 9.00 Å². The lowest BCUT2D eigenvalue weighted by atomic mass is 10.1. The average molecular weight is 401 g/mol. The van der Waals surface area contributed by atoms with Crippen LogP contribution in [0, 0.1) is 0 Å². The molecule has 0 aliphatic heterocycles. The second-order valence-electron chi connectivity index (χ2n) is 6.30. The van der Waals surface area contributed by atoms with E-state index in [1.807, 2.05) is 35.0 Å². The summed E-state index contributed by atoms with van der Waals surface area (Å²) in [4.78, 5) is 12.7. The molecule has 0 aliphatic rings. The van der Waals surface area contributed by atoms with Gasteiger partial charge in [0, 0.05) is 46.3 Å². The molecule has 0 fully saturated rings. The summed E-state index contributed by atoms with van der Waals surface area (Å²) in [5.74, 6) is 0.176. The minimum Gasteiger partial charge on any atom is -0.343 e. The van der Waals surface area contributed by atoms with Crippen molar-refractivity contribution in [3.05, 3.63) is 88.7 Å². The summed E-state index contributed by atoms with van der Waals surface area (Å²) in [5, 5.41) is 3.46. The van der Waals surface area contributed by atoms with Gasteiger partial charge in [0.15, 0.2) is 0 Å². The minimum absolute atomic E-state index is 0.182. The first-order valence-corrected chi connectivity index (χ1v) is 10.7. The fraction of sp³-hybridized carbons (Fsp3) is 0.190. The highest BCUT2D eigenvalue weighted by atomic mass is 35.5. The Morgan fingerprint density at radius 2 is 1.89 bits per heavy atom. The molecule has 3 rings (SSSR count). The molecule has 4 nitrogen and oxygen atoms in total. The molecule has 0 saturated heterocycles. The number of nitrogens with one attached hydrogen (secondary N) is 1. The number of carbonyl (C=O) groups is 1. The van der Waals surface area contributed by atoms with Crippen molar-refractivity contribution in [3.8, 4) is 0 Å². The summed E-state index contributed by atoms with van der Waals surface area (Å²) >= 11 is 6.15. The normalized spacial score (nSPS) is 11.9. The quantitative estimate of drug-likeness (QED) is 0.634. The molecule has 6 heteroatoms. The molecule has 1 N–H and O–H groups in total. The van der Waals surface area contributed by atoms with Gasteiger partial charge in [-0.3, -0.25) is 9.00 Å². The maximum atomic E-state index is 12.7. The lowest BCUT2D eigenvalue weighted by molar-refractivity contribution is 0.101. The zero-order chi connectivity index (χ0) is 19.2. The van der Waals surface area contributed by atoms with Crippen molar-refractivity contribution in [2.75, 3.05) is 11.6 Å². The van der Waals surface area contributed by atoms with Crippen molar-refractivity contribution in [1.29, 1.82) is 0 Å². The predicted molar refractivity (Wildman–Crippen MR) is 112 cm³/mol. The second kappa shape index (κ2) is 9.02. The molecule has 1 heterocycles. The van der Waals surface area contributed by atoms with Gasteiger partial charge in [-0.15, -0.1) is 0 Å². The van der Waals surface area contributed by atoms with E-state index in [1.165, 1.54) is 5.56 Å². The molecule has 0 radical (unpaired) electrons. The Balaban J connectivity index is 1.70. The molecule has 0 spiro atoms. The van der Waals surface area contributed by atoms with Crippen LogP contribution in [0.25, 0.3) is 0 Å². The van der Waals surface area contributed by atoms with Crippen LogP contribution >= 0.6 is 11.6 Å². The van der Waals surface area contributed by atoms with Crippen LogP contribution in [0.3, 0.4) is 0 Å². The Morgan fingerprint density at radius 1 is 1.11 bits per heavy atom. The lowest BCUT2D eigenvalue weighted by Gasteiger charge is -2.11. The first-order chi connectivity index (χ1) is 13.0. The van der Waals surface area contributed by atoms with E-state index >= 15 is 0 Å². The first kappa shape index (κ1) is 19.4. The van der Waals surface area contributed by atoms with Crippen molar-refractivity contribution in [2.45, 2.75) is 18.7 Å². The predicted octanol–water partition coefficient (Wildman–Crippen LogP) is 4.52. The molecule has 1 unspecified atom stereocenters. The molecular formula is C21H21ClN2O2S. The van der Waals surface area contributed by atoms with Gasteiger partial charge in [0.1, 0.15) is 5.69 Å². The number of carbonyl (C=O) groups excluding carboxylic acids is 1. The van der Waals surface area contributed by atoms with E-state index in [2.05, 4.69) is 17.4 Å². The number of aromatic nitrogens is 1. The highest BCUT2D eigenvalue weighted by Crippen LogP contribution is 2.22. The standard InChI is InChI=1S/C21H21ClN2O2S/c1-27(26)15-17-14-18(9-10-19(17)22)23-21(25)20-8-5-12-24(20)13-11-16-6-3-2-4-7-16/h2-10,12,14H,11,13,15H2,1H3,(H,23,25). The molecular weight excluding hydrogens is 380 g/mol. The Labute approximate surface area is 166 Å². The maximum absolute atomic E-state index is 12.7. The Kier molecular flexibility index (Phi) is 6.48. The van der Waals surface area contributed by atoms with E-state index in [0.717, 1.165) is 18.5 Å². The third kappa shape index (κ3) is 5.31. The van der Waals surface area contributed by atoms with Gasteiger partial charge in [0.2, 0.25) is 0 Å². The molecule has 1 amide bonds. The second-order valence-corrected chi connectivity index (χ2v) is 8.14. The monoisotopic (exact) mass is 400 g/mol. The molecule has 1 aromatic heterocycles. The molecule has 1 atom stereocenters. The van der Waals surface area contributed by atoms with Crippen LogP contribution in [0.2, 0.25) is 5.02 Å². The molecule has 0 bridgehead atoms. The number of halogens is 1. The van der Waals surface area contributed by atoms with Crippen LogP contribution in [0.5, 0.6) is 0 Å². The topological polar surface area (TPSA) is 51.1 Å². The molecule has 0 aliphatic carbocycles. The van der Waals surface area contributed by atoms with Crippen LogP contribution in [-0.4, -0.2) is 20.9 Å². The van der Waals surface area contributed by atoms with Crippen LogP contribution < -0.4 is 5.32 Å². The number of aryl methyl sites for hydroxylation is 2. The fourth-order valence-corrected chi connectivity index (χ4v) is 3.83. The molecule has 140 valence electrons. The summed E-state index contributed by atoms with van der Waals surface area (Å²) in [5.41, 5.74) is 3.23. The van der Waals surface area contributed by atoms with Crippen molar-refractivity contribution in [2.24, 2.45) is 0 Å². The Hall–Kier alpha value is -2.37. The van der Waals surface area contributed by atoms with E-state index in [4.69, 9.17) is 11.6 Å². The fourth-order valence-electron chi connectivity index (χ4n) is 2.89. The lowest BCUT2D eigenvalue weighted by Crippen LogP contribution is -2.17. The van der Waals surface area contributed by atoms with Gasteiger partial charge < -0.3 is 9.88 Å². The van der Waals surface area contributed by atoms with E-state index in [9.17, 15) is 9.00 Å². The first-order valence-electron chi connectivity index (χ1n) is 8.62. The summed E-state index contributed by atoms with van der Waals surface area (Å²) in [6.45, 7) is 0.723. The van der Waals surface area contributed by atoms with Gasteiger partial charge in [0.05, 0.1) is 0 Å². The van der Waals surface area contributed by atoms with E-state index in [1.54, 1.807) is 30.5 Å². The smallest absolute Gasteiger partial charge is 0.272 e. The SMILES string of the molecule is CS(=O)Cc1cc(NC(=O)c2cccn2CCc2ccccc2)ccc1Cl. The van der Waals surface area contributed by atoms with Gasteiger partial charge in [0.25, 0.3) is 5.91 Å². The van der Waals surface area contributed by atoms with Gasteiger partial charge in [-0.05, 0) is 47.9 Å². The number of benzene rings is 2. The highest BCUT2D eigenvalue weighted by Gasteiger charge is 2.12. The largest absolute Gasteiger partial charge is 0.343 e. The Morgan fingerprint density at radius 3 is 2.63 bits per heavy atom. The van der Waals surface area contributed by atoms with Crippen LogP contribution in [-0.2, 0) is 29.5 Å². The third-order valence-electron chi connectivity index (χ3n) is 4.21. The summed E-state index contributed by atoms with van der Waals surface area (Å²) in [6, 6.07) is 19.1. The minimum atomic E-state index is -1.00. The number of anilines is 1. The zero-order valence-corrected chi connectivity index (χ0v) is 16.6. The van der Waals surface area contributed by atoms with Crippen molar-refractivity contribution in [3.63, 3.8) is 0 Å². The zero-order valence-electron chi connectivity index (χ0n) is 15.0. The number of amides is 1. The highest BCUT2D eigenvalue weighted by molar-refractivity contribution is 7.83. The summed E-state index contributed by atoms with van der Waals surface area (Å²) < 4.78 is 13.4. The molecule has 3 aromatic rings. The molecule has 27 heavy (non-hydrogen) atoms. The van der Waals surface area contributed by atoms with Gasteiger partial charge in [-0.25, -0.2) is 0 Å².